The van der Waals surface area contributed by atoms with E-state index in [-0.39, 0.29) is 29.5 Å². The van der Waals surface area contributed by atoms with Crippen LogP contribution in [0.25, 0.3) is 23.4 Å². The summed E-state index contributed by atoms with van der Waals surface area (Å²) < 4.78 is 5.60. The van der Waals surface area contributed by atoms with Crippen LogP contribution >= 0.6 is 23.2 Å². The van der Waals surface area contributed by atoms with Gasteiger partial charge < -0.3 is 32.6 Å². The van der Waals surface area contributed by atoms with Crippen LogP contribution in [-0.2, 0) is 0 Å². The van der Waals surface area contributed by atoms with E-state index >= 15 is 0 Å². The van der Waals surface area contributed by atoms with E-state index in [9.17, 15) is 9.59 Å². The predicted octanol–water partition coefficient (Wildman–Crippen LogP) is 10.7. The number of carbonyl (C=O) groups excluding carboxylic acids is 2. The number of fused-ring (bicyclic) bond motifs is 2. The molecule has 2 aliphatic heterocycles. The minimum Gasteiger partial charge on any atom is -0.491 e. The molecular formula is C51H59Cl2N9O3. The topological polar surface area (TPSA) is 193 Å². The minimum atomic E-state index is -0.474. The van der Waals surface area contributed by atoms with Crippen molar-refractivity contribution in [1.29, 1.82) is 0 Å². The number of ether oxygens (including phenoxy) is 1. The molecule has 2 aliphatic rings. The molecule has 3 heterocycles. The van der Waals surface area contributed by atoms with Gasteiger partial charge in [-0.2, -0.15) is 4.98 Å². The van der Waals surface area contributed by atoms with Crippen molar-refractivity contribution >= 4 is 70.3 Å². The fourth-order valence-electron chi connectivity index (χ4n) is 7.30. The minimum absolute atomic E-state index is 0.0133. The van der Waals surface area contributed by atoms with E-state index in [4.69, 9.17) is 50.9 Å². The Labute approximate surface area is 392 Å². The molecule has 0 aliphatic carbocycles. The van der Waals surface area contributed by atoms with Crippen molar-refractivity contribution in [3.8, 4) is 17.0 Å². The third kappa shape index (κ3) is 14.1. The van der Waals surface area contributed by atoms with Crippen molar-refractivity contribution < 1.29 is 14.3 Å². The van der Waals surface area contributed by atoms with Gasteiger partial charge in [0, 0.05) is 29.6 Å². The molecule has 8 N–H and O–H groups in total. The number of aromatic nitrogens is 3. The molecular weight excluding hydrogens is 858 g/mol. The zero-order valence-corrected chi connectivity index (χ0v) is 39.2. The van der Waals surface area contributed by atoms with Crippen LogP contribution < -0.4 is 32.6 Å². The summed E-state index contributed by atoms with van der Waals surface area (Å²) in [5.74, 6) is 1.53. The normalized spacial score (nSPS) is 13.7. The number of carbonyl (C=O) groups is 2. The molecule has 5 aromatic carbocycles. The fraction of sp³-hybridized carbons (Fsp3) is 0.275. The third-order valence-electron chi connectivity index (χ3n) is 10.6. The fourth-order valence-corrected chi connectivity index (χ4v) is 7.69. The molecule has 0 radical (unpaired) electrons. The predicted molar refractivity (Wildman–Crippen MR) is 268 cm³/mol. The molecule has 0 bridgehead atoms. The molecule has 340 valence electrons. The quantitative estimate of drug-likeness (QED) is 0.107. The van der Waals surface area contributed by atoms with Gasteiger partial charge in [0.1, 0.15) is 18.1 Å². The van der Waals surface area contributed by atoms with Crippen molar-refractivity contribution in [2.24, 2.45) is 17.4 Å². The lowest BCUT2D eigenvalue weighted by molar-refractivity contribution is 0.0883. The van der Waals surface area contributed by atoms with Gasteiger partial charge in [0.25, 0.3) is 0 Å². The zero-order chi connectivity index (χ0) is 47.0. The maximum absolute atomic E-state index is 12.3. The molecule has 8 rings (SSSR count). The van der Waals surface area contributed by atoms with Crippen molar-refractivity contribution in [2.75, 3.05) is 42.6 Å². The van der Waals surface area contributed by atoms with Gasteiger partial charge in [0.05, 0.1) is 21.4 Å². The highest BCUT2D eigenvalue weighted by Crippen LogP contribution is 2.36. The lowest BCUT2D eigenvalue weighted by Gasteiger charge is -2.28. The average molecular weight is 917 g/mol. The summed E-state index contributed by atoms with van der Waals surface area (Å²) in [4.78, 5) is 31.8. The second-order valence-electron chi connectivity index (χ2n) is 16.1. The van der Waals surface area contributed by atoms with Gasteiger partial charge in [-0.15, -0.1) is 10.2 Å². The van der Waals surface area contributed by atoms with Crippen LogP contribution in [0.4, 0.5) is 27.9 Å². The molecule has 6 aromatic rings. The lowest BCUT2D eigenvalue weighted by Crippen LogP contribution is -2.35. The number of nitrogen functional groups attached to an aromatic ring is 2. The number of halogens is 2. The molecule has 2 amide bonds. The van der Waals surface area contributed by atoms with Crippen molar-refractivity contribution in [3.05, 3.63) is 153 Å². The van der Waals surface area contributed by atoms with Crippen LogP contribution in [-0.4, -0.2) is 64.2 Å². The van der Waals surface area contributed by atoms with Crippen LogP contribution in [0.1, 0.15) is 71.3 Å². The first-order chi connectivity index (χ1) is 31.1. The number of ketones is 1. The second kappa shape index (κ2) is 24.1. The molecule has 2 atom stereocenters. The summed E-state index contributed by atoms with van der Waals surface area (Å²) >= 11 is 11.9. The standard InChI is InChI=1S/C16H23NO.C15H12N2O.C11H17NO.C9H7Cl2N5/c1-13-6-8-15(9-7-13)16(18)14(2)12-17-10-4-3-5-11-17;16-15(18)17-13-7-3-1-5-11(13)9-10-12-6-2-4-8-14(12)17;1-8-5-4-6-9(2)11(8)13-7-10(3)12;10-5-3-1-2-4(6(5)11)7-8(12)14-9(13)16-15-7/h6-9,14H,3-5,10-12H2,1-2H3;1-10H,(H2,16,18);4-6,10H,7,12H2,1-3H3;1-3H,(H4,12,13,14,16). The number of rotatable bonds is 8. The summed E-state index contributed by atoms with van der Waals surface area (Å²) in [5.41, 5.74) is 31.1. The third-order valence-corrected chi connectivity index (χ3v) is 11.4. The number of Topliss-reactive ketones (excluding diaryl/α,β-unsaturated/α-hetero) is 1. The number of nitrogens with zero attached hydrogens (tertiary/aromatic N) is 5. The van der Waals surface area contributed by atoms with E-state index in [0.29, 0.717) is 27.9 Å². The van der Waals surface area contributed by atoms with Gasteiger partial charge >= 0.3 is 6.03 Å². The number of benzene rings is 5. The molecule has 1 aromatic heterocycles. The number of para-hydroxylation sites is 3. The number of hydrogen-bond donors (Lipinski definition) is 4. The van der Waals surface area contributed by atoms with E-state index in [1.807, 2.05) is 131 Å². The van der Waals surface area contributed by atoms with E-state index in [1.165, 1.54) is 36.0 Å². The van der Waals surface area contributed by atoms with E-state index < -0.39 is 6.03 Å². The van der Waals surface area contributed by atoms with Gasteiger partial charge in [0.2, 0.25) is 5.95 Å². The van der Waals surface area contributed by atoms with Crippen LogP contribution in [0, 0.1) is 26.7 Å². The number of likely N-dealkylation sites (tertiary alicyclic amines) is 1. The number of piperidine rings is 1. The summed E-state index contributed by atoms with van der Waals surface area (Å²) in [6.07, 6.45) is 7.90. The monoisotopic (exact) mass is 915 g/mol. The van der Waals surface area contributed by atoms with Gasteiger partial charge in [-0.3, -0.25) is 9.69 Å². The number of aryl methyl sites for hydroxylation is 3. The Balaban J connectivity index is 0.000000164. The Kier molecular flexibility index (Phi) is 18.4. The van der Waals surface area contributed by atoms with Crippen molar-refractivity contribution in [1.82, 2.24) is 20.1 Å². The SMILES string of the molecule is Cc1ccc(C(=O)C(C)CN2CCCCC2)cc1.Cc1cccc(C)c1OCC(C)N.NC(=O)N1c2ccccc2C=Cc2ccccc21.Nc1nnc(-c2cccc(Cl)c2Cl)c(N)n1. The number of amides is 2. The van der Waals surface area contributed by atoms with Crippen LogP contribution in [0.15, 0.2) is 109 Å². The molecule has 12 nitrogen and oxygen atoms in total. The molecule has 14 heteroatoms. The molecule has 65 heavy (non-hydrogen) atoms. The summed E-state index contributed by atoms with van der Waals surface area (Å²) in [6, 6.07) is 34.2. The Bertz CT molecular complexity index is 2490. The lowest BCUT2D eigenvalue weighted by atomic mass is 9.97. The Hall–Kier alpha value is -6.31. The van der Waals surface area contributed by atoms with Crippen LogP contribution in [0.2, 0.25) is 10.0 Å². The molecule has 1 saturated heterocycles. The van der Waals surface area contributed by atoms with Crippen molar-refractivity contribution in [3.63, 3.8) is 0 Å². The number of urea groups is 1. The average Bonchev–Trinajstić information content (AvgIpc) is 3.46. The first-order valence-corrected chi connectivity index (χ1v) is 22.3. The van der Waals surface area contributed by atoms with Crippen molar-refractivity contribution in [2.45, 2.75) is 59.9 Å². The highest BCUT2D eigenvalue weighted by Gasteiger charge is 2.22. The molecule has 1 fully saturated rings. The maximum Gasteiger partial charge on any atom is 0.323 e. The summed E-state index contributed by atoms with van der Waals surface area (Å²) in [7, 11) is 0. The summed E-state index contributed by atoms with van der Waals surface area (Å²) in [5, 5.41) is 8.24. The highest BCUT2D eigenvalue weighted by atomic mass is 35.5. The first kappa shape index (κ1) is 49.7. The zero-order valence-electron chi connectivity index (χ0n) is 37.7. The van der Waals surface area contributed by atoms with Crippen LogP contribution in [0.3, 0.4) is 0 Å². The maximum atomic E-state index is 12.3. The van der Waals surface area contributed by atoms with Crippen LogP contribution in [0.5, 0.6) is 5.75 Å². The van der Waals surface area contributed by atoms with E-state index in [0.717, 1.165) is 53.4 Å². The number of nitrogens with two attached hydrogens (primary N) is 4. The summed E-state index contributed by atoms with van der Waals surface area (Å²) in [6.45, 7) is 13.9. The number of anilines is 4. The van der Waals surface area contributed by atoms with Gasteiger partial charge in [-0.25, -0.2) is 4.79 Å². The smallest absolute Gasteiger partial charge is 0.323 e. The number of hydrogen-bond acceptors (Lipinski definition) is 10. The largest absolute Gasteiger partial charge is 0.491 e. The molecule has 0 spiro atoms. The Morgan fingerprint density at radius 2 is 1.31 bits per heavy atom. The van der Waals surface area contributed by atoms with Gasteiger partial charge in [-0.05, 0) is 94.1 Å². The van der Waals surface area contributed by atoms with Gasteiger partial charge in [-0.1, -0.05) is 145 Å². The molecule has 2 unspecified atom stereocenters. The van der Waals surface area contributed by atoms with E-state index in [2.05, 4.69) is 27.0 Å². The second-order valence-corrected chi connectivity index (χ2v) is 16.9. The van der Waals surface area contributed by atoms with Gasteiger partial charge in [0.15, 0.2) is 11.6 Å². The Morgan fingerprint density at radius 3 is 1.86 bits per heavy atom. The highest BCUT2D eigenvalue weighted by molar-refractivity contribution is 6.43. The Morgan fingerprint density at radius 1 is 0.738 bits per heavy atom. The molecule has 0 saturated carbocycles. The number of primary amides is 1. The van der Waals surface area contributed by atoms with E-state index in [1.54, 1.807) is 23.1 Å². The first-order valence-electron chi connectivity index (χ1n) is 21.6.